The standard InChI is InChI=1S/C24H23N7O7S/c1-12-9-14-10-15(39(36,37)38)11-18(28-24-27-13(2)26-23(29-24)25-7-8-32)19(14)21(33)20(12)31-30-17-6-4-3-5-16(17)22(34)35/h3-6,9-11,32-33H,7-8H2,1-2H3,(H,34,35)(H,36,37,38)(H2,25,26,27,28,29). The Bertz CT molecular complexity index is 1730. The molecule has 39 heavy (non-hydrogen) atoms. The Balaban J connectivity index is 1.89. The fourth-order valence-corrected chi connectivity index (χ4v) is 4.29. The van der Waals surface area contributed by atoms with Gasteiger partial charge in [0.15, 0.2) is 5.75 Å². The molecule has 1 aromatic heterocycles. The highest BCUT2D eigenvalue weighted by atomic mass is 32.2. The van der Waals surface area contributed by atoms with Gasteiger partial charge in [0, 0.05) is 11.9 Å². The van der Waals surface area contributed by atoms with Crippen LogP contribution in [0.1, 0.15) is 21.7 Å². The number of nitrogens with zero attached hydrogens (tertiary/aromatic N) is 5. The Kier molecular flexibility index (Phi) is 7.66. The van der Waals surface area contributed by atoms with Crippen molar-refractivity contribution in [2.45, 2.75) is 18.7 Å². The van der Waals surface area contributed by atoms with Crippen LogP contribution in [0.25, 0.3) is 10.8 Å². The van der Waals surface area contributed by atoms with E-state index in [2.05, 4.69) is 35.8 Å². The fraction of sp³-hybridized carbons (Fsp3) is 0.167. The van der Waals surface area contributed by atoms with Gasteiger partial charge in [0.25, 0.3) is 10.1 Å². The molecule has 0 aliphatic heterocycles. The van der Waals surface area contributed by atoms with Crippen LogP contribution in [0.3, 0.4) is 0 Å². The van der Waals surface area contributed by atoms with Crippen molar-refractivity contribution < 1.29 is 33.1 Å². The van der Waals surface area contributed by atoms with Crippen molar-refractivity contribution in [2.75, 3.05) is 23.8 Å². The first-order valence-corrected chi connectivity index (χ1v) is 12.8. The number of carbonyl (C=O) groups is 1. The number of benzene rings is 3. The molecule has 0 aliphatic rings. The van der Waals surface area contributed by atoms with Crippen LogP contribution in [0.2, 0.25) is 0 Å². The molecule has 0 bridgehead atoms. The number of aliphatic hydroxyl groups is 1. The SMILES string of the molecule is Cc1nc(NCCO)nc(Nc2cc(S(=O)(=O)O)cc3cc(C)c(N=Nc4ccccc4C(=O)O)c(O)c23)n1. The second-order valence-electron chi connectivity index (χ2n) is 8.26. The van der Waals surface area contributed by atoms with Gasteiger partial charge in [-0.2, -0.15) is 23.4 Å². The number of phenolic OH excluding ortho intramolecular Hbond substituents is 1. The van der Waals surface area contributed by atoms with Crippen LogP contribution < -0.4 is 10.6 Å². The molecule has 1 heterocycles. The number of rotatable bonds is 9. The molecular weight excluding hydrogens is 530 g/mol. The van der Waals surface area contributed by atoms with E-state index in [1.165, 1.54) is 24.3 Å². The number of hydrogen-bond donors (Lipinski definition) is 6. The van der Waals surface area contributed by atoms with Gasteiger partial charge in [-0.25, -0.2) is 4.79 Å². The molecule has 14 nitrogen and oxygen atoms in total. The predicted octanol–water partition coefficient (Wildman–Crippen LogP) is 3.86. The van der Waals surface area contributed by atoms with Gasteiger partial charge >= 0.3 is 5.97 Å². The van der Waals surface area contributed by atoms with E-state index in [1.54, 1.807) is 26.0 Å². The van der Waals surface area contributed by atoms with Crippen LogP contribution in [0, 0.1) is 13.8 Å². The number of carboxylic acids is 1. The van der Waals surface area contributed by atoms with Gasteiger partial charge in [0.05, 0.1) is 22.8 Å². The summed E-state index contributed by atoms with van der Waals surface area (Å²) < 4.78 is 33.7. The summed E-state index contributed by atoms with van der Waals surface area (Å²) in [5, 5.41) is 43.8. The molecule has 4 aromatic rings. The van der Waals surface area contributed by atoms with E-state index in [1.807, 2.05) is 0 Å². The van der Waals surface area contributed by atoms with Crippen LogP contribution >= 0.6 is 0 Å². The zero-order valence-electron chi connectivity index (χ0n) is 20.6. The molecule has 3 aromatic carbocycles. The number of aromatic carboxylic acids is 1. The van der Waals surface area contributed by atoms with Gasteiger partial charge in [-0.05, 0) is 55.1 Å². The number of nitrogens with one attached hydrogen (secondary N) is 2. The largest absolute Gasteiger partial charge is 0.505 e. The van der Waals surface area contributed by atoms with Crippen LogP contribution in [0.15, 0.2) is 57.6 Å². The molecule has 202 valence electrons. The van der Waals surface area contributed by atoms with Gasteiger partial charge in [-0.15, -0.1) is 10.2 Å². The van der Waals surface area contributed by atoms with Crippen molar-refractivity contribution in [3.63, 3.8) is 0 Å². The highest BCUT2D eigenvalue weighted by Gasteiger charge is 2.20. The maximum atomic E-state index is 12.0. The summed E-state index contributed by atoms with van der Waals surface area (Å²) in [7, 11) is -4.64. The van der Waals surface area contributed by atoms with Crippen molar-refractivity contribution in [1.29, 1.82) is 0 Å². The summed E-state index contributed by atoms with van der Waals surface area (Å²) in [6.07, 6.45) is 0. The minimum Gasteiger partial charge on any atom is -0.505 e. The zero-order valence-corrected chi connectivity index (χ0v) is 21.4. The van der Waals surface area contributed by atoms with Gasteiger partial charge in [-0.3, -0.25) is 4.55 Å². The summed E-state index contributed by atoms with van der Waals surface area (Å²) >= 11 is 0. The number of aromatic hydroxyl groups is 1. The van der Waals surface area contributed by atoms with E-state index in [9.17, 15) is 28.0 Å². The Morgan fingerprint density at radius 3 is 2.44 bits per heavy atom. The molecule has 0 amide bonds. The maximum absolute atomic E-state index is 12.0. The number of anilines is 3. The molecule has 0 unspecified atom stereocenters. The van der Waals surface area contributed by atoms with Crippen molar-refractivity contribution in [3.05, 3.63) is 59.4 Å². The van der Waals surface area contributed by atoms with E-state index >= 15 is 0 Å². The zero-order chi connectivity index (χ0) is 28.3. The summed E-state index contributed by atoms with van der Waals surface area (Å²) in [5.41, 5.74) is 0.380. The Labute approximate surface area is 221 Å². The third kappa shape index (κ3) is 6.06. The van der Waals surface area contributed by atoms with E-state index < -0.39 is 26.7 Å². The third-order valence-electron chi connectivity index (χ3n) is 5.43. The van der Waals surface area contributed by atoms with E-state index in [4.69, 9.17) is 5.11 Å². The molecule has 0 fully saturated rings. The summed E-state index contributed by atoms with van der Waals surface area (Å²) in [6, 6.07) is 9.75. The summed E-state index contributed by atoms with van der Waals surface area (Å²) in [4.78, 5) is 23.5. The molecule has 0 aliphatic carbocycles. The van der Waals surface area contributed by atoms with Crippen molar-refractivity contribution in [2.24, 2.45) is 10.2 Å². The number of aromatic nitrogens is 3. The fourth-order valence-electron chi connectivity index (χ4n) is 3.75. The average Bonchev–Trinajstić information content (AvgIpc) is 2.86. The van der Waals surface area contributed by atoms with Crippen molar-refractivity contribution in [3.8, 4) is 5.75 Å². The first kappa shape index (κ1) is 27.3. The number of carboxylic acid groups (broad SMARTS) is 1. The van der Waals surface area contributed by atoms with Crippen LogP contribution in [-0.2, 0) is 10.1 Å². The lowest BCUT2D eigenvalue weighted by molar-refractivity contribution is 0.0697. The lowest BCUT2D eigenvalue weighted by Gasteiger charge is -2.15. The normalized spacial score (nSPS) is 11.7. The number of phenols is 1. The van der Waals surface area contributed by atoms with Crippen molar-refractivity contribution >= 4 is 55.8 Å². The Hall–Kier alpha value is -4.73. The first-order valence-electron chi connectivity index (χ1n) is 11.3. The van der Waals surface area contributed by atoms with E-state index in [-0.39, 0.29) is 58.4 Å². The van der Waals surface area contributed by atoms with Crippen molar-refractivity contribution in [1.82, 2.24) is 15.0 Å². The topological polar surface area (TPSA) is 220 Å². The smallest absolute Gasteiger partial charge is 0.337 e. The van der Waals surface area contributed by atoms with E-state index in [0.717, 1.165) is 6.07 Å². The number of fused-ring (bicyclic) bond motifs is 1. The molecule has 0 saturated heterocycles. The number of aryl methyl sites for hydroxylation is 2. The minimum atomic E-state index is -4.64. The number of hydrogen-bond acceptors (Lipinski definition) is 12. The Morgan fingerprint density at radius 2 is 1.74 bits per heavy atom. The van der Waals surface area contributed by atoms with Gasteiger partial charge in [0.1, 0.15) is 17.2 Å². The van der Waals surface area contributed by atoms with Crippen LogP contribution in [0.5, 0.6) is 5.75 Å². The minimum absolute atomic E-state index is 0.00229. The highest BCUT2D eigenvalue weighted by Crippen LogP contribution is 2.44. The van der Waals surface area contributed by atoms with Gasteiger partial charge in [0.2, 0.25) is 11.9 Å². The monoisotopic (exact) mass is 553 g/mol. The predicted molar refractivity (Wildman–Crippen MR) is 141 cm³/mol. The van der Waals surface area contributed by atoms with Crippen LogP contribution in [-0.4, -0.2) is 62.4 Å². The molecule has 0 saturated carbocycles. The molecule has 6 N–H and O–H groups in total. The van der Waals surface area contributed by atoms with Gasteiger partial charge < -0.3 is 26.0 Å². The van der Waals surface area contributed by atoms with E-state index in [0.29, 0.717) is 11.4 Å². The van der Waals surface area contributed by atoms with Gasteiger partial charge in [-0.1, -0.05) is 12.1 Å². The molecule has 0 radical (unpaired) electrons. The molecule has 4 rings (SSSR count). The number of azo groups is 1. The molecule has 15 heteroatoms. The summed E-state index contributed by atoms with van der Waals surface area (Å²) in [5.74, 6) is -1.17. The molecular formula is C24H23N7O7S. The lowest BCUT2D eigenvalue weighted by Crippen LogP contribution is -2.11. The first-order chi connectivity index (χ1) is 18.5. The second-order valence-corrected chi connectivity index (χ2v) is 9.68. The van der Waals surface area contributed by atoms with Crippen LogP contribution in [0.4, 0.5) is 29.0 Å². The average molecular weight is 554 g/mol. The number of aliphatic hydroxyl groups excluding tert-OH is 1. The Morgan fingerprint density at radius 1 is 1.03 bits per heavy atom. The molecule has 0 spiro atoms. The summed E-state index contributed by atoms with van der Waals surface area (Å²) in [6.45, 7) is 3.19. The lowest BCUT2D eigenvalue weighted by atomic mass is 10.0. The maximum Gasteiger partial charge on any atom is 0.337 e. The third-order valence-corrected chi connectivity index (χ3v) is 6.26. The quantitative estimate of drug-likeness (QED) is 0.128. The highest BCUT2D eigenvalue weighted by molar-refractivity contribution is 7.85. The second kappa shape index (κ2) is 10.9. The molecule has 0 atom stereocenters.